The summed E-state index contributed by atoms with van der Waals surface area (Å²) in [4.78, 5) is 11.6. The maximum Gasteiger partial charge on any atom is 0.246 e. The van der Waals surface area contributed by atoms with Crippen LogP contribution >= 0.6 is 0 Å². The van der Waals surface area contributed by atoms with Crippen LogP contribution in [0.1, 0.15) is 5.82 Å². The Hall–Kier alpha value is -3.18. The van der Waals surface area contributed by atoms with Gasteiger partial charge in [0.05, 0.1) is 0 Å². The Bertz CT molecular complexity index is 1080. The summed E-state index contributed by atoms with van der Waals surface area (Å²) in [5.41, 5.74) is 0. The van der Waals surface area contributed by atoms with E-state index >= 15 is 0 Å². The van der Waals surface area contributed by atoms with E-state index in [0.717, 1.165) is 18.2 Å². The quantitative estimate of drug-likeness (QED) is 0.481. The lowest BCUT2D eigenvalue weighted by Gasteiger charge is -2.11. The standard InChI is InChI=1S/C18H18F2N6O2S/c1-12-24-16(11-17(25-12)26-15-7-2-3-8-21-15)22-9-10-23-29(27,28)18-13(19)5-4-6-14(18)20/h2-8,11,23H,9-10H2,1H3,(H2,21,22,24,25,26). The van der Waals surface area contributed by atoms with Crippen molar-refractivity contribution in [2.45, 2.75) is 11.8 Å². The number of hydrogen-bond acceptors (Lipinski definition) is 7. The minimum atomic E-state index is -4.33. The number of sulfonamides is 1. The Morgan fingerprint density at radius 2 is 1.66 bits per heavy atom. The van der Waals surface area contributed by atoms with Crippen molar-refractivity contribution in [3.63, 3.8) is 0 Å². The summed E-state index contributed by atoms with van der Waals surface area (Å²) in [7, 11) is -4.33. The van der Waals surface area contributed by atoms with Crippen LogP contribution < -0.4 is 15.4 Å². The molecule has 0 unspecified atom stereocenters. The number of anilines is 3. The van der Waals surface area contributed by atoms with Crippen molar-refractivity contribution < 1.29 is 17.2 Å². The largest absolute Gasteiger partial charge is 0.369 e. The number of aromatic nitrogens is 3. The number of nitrogens with one attached hydrogen (secondary N) is 3. The van der Waals surface area contributed by atoms with Gasteiger partial charge in [0.15, 0.2) is 4.90 Å². The molecule has 0 amide bonds. The van der Waals surface area contributed by atoms with E-state index in [0.29, 0.717) is 23.3 Å². The van der Waals surface area contributed by atoms with Crippen molar-refractivity contribution >= 4 is 27.5 Å². The minimum absolute atomic E-state index is 0.109. The third-order valence-electron chi connectivity index (χ3n) is 3.67. The predicted molar refractivity (Wildman–Crippen MR) is 104 cm³/mol. The molecule has 0 bridgehead atoms. The minimum Gasteiger partial charge on any atom is -0.369 e. The first-order chi connectivity index (χ1) is 13.8. The number of halogens is 2. The van der Waals surface area contributed by atoms with Gasteiger partial charge in [-0.3, -0.25) is 0 Å². The molecule has 0 aliphatic rings. The van der Waals surface area contributed by atoms with Gasteiger partial charge in [-0.05, 0) is 31.2 Å². The number of aryl methyl sites for hydroxylation is 1. The van der Waals surface area contributed by atoms with E-state index < -0.39 is 26.6 Å². The molecule has 3 N–H and O–H groups in total. The second kappa shape index (κ2) is 8.88. The van der Waals surface area contributed by atoms with Crippen molar-refractivity contribution in [3.8, 4) is 0 Å². The molecule has 0 radical (unpaired) electrons. The number of pyridine rings is 1. The summed E-state index contributed by atoms with van der Waals surface area (Å²) in [6.07, 6.45) is 1.64. The number of benzene rings is 1. The van der Waals surface area contributed by atoms with Crippen LogP contribution in [0.3, 0.4) is 0 Å². The van der Waals surface area contributed by atoms with E-state index in [1.807, 2.05) is 6.07 Å². The molecular formula is C18H18F2N6O2S. The van der Waals surface area contributed by atoms with Crippen LogP contribution in [0.25, 0.3) is 0 Å². The van der Waals surface area contributed by atoms with Crippen molar-refractivity contribution in [1.29, 1.82) is 0 Å². The molecule has 11 heteroatoms. The Morgan fingerprint density at radius 3 is 2.34 bits per heavy atom. The van der Waals surface area contributed by atoms with Crippen LogP contribution in [0.15, 0.2) is 53.6 Å². The first kappa shape index (κ1) is 20.6. The summed E-state index contributed by atoms with van der Waals surface area (Å²) in [5, 5.41) is 5.98. The first-order valence-electron chi connectivity index (χ1n) is 8.56. The SMILES string of the molecule is Cc1nc(NCCNS(=O)(=O)c2c(F)cccc2F)cc(Nc2ccccn2)n1. The number of nitrogens with zero attached hydrogens (tertiary/aromatic N) is 3. The summed E-state index contributed by atoms with van der Waals surface area (Å²) in [6.45, 7) is 1.73. The lowest BCUT2D eigenvalue weighted by atomic mass is 10.3. The fraction of sp³-hybridized carbons (Fsp3) is 0.167. The van der Waals surface area contributed by atoms with Gasteiger partial charge in [-0.15, -0.1) is 0 Å². The fourth-order valence-corrected chi connectivity index (χ4v) is 3.64. The summed E-state index contributed by atoms with van der Waals surface area (Å²) in [6, 6.07) is 9.89. The highest BCUT2D eigenvalue weighted by Gasteiger charge is 2.23. The molecule has 2 heterocycles. The molecule has 1 aromatic carbocycles. The van der Waals surface area contributed by atoms with Gasteiger partial charge in [-0.1, -0.05) is 12.1 Å². The van der Waals surface area contributed by atoms with Gasteiger partial charge >= 0.3 is 0 Å². The monoisotopic (exact) mass is 420 g/mol. The van der Waals surface area contributed by atoms with E-state index in [1.54, 1.807) is 31.3 Å². The van der Waals surface area contributed by atoms with Gasteiger partial charge in [0, 0.05) is 25.4 Å². The highest BCUT2D eigenvalue weighted by atomic mass is 32.2. The predicted octanol–water partition coefficient (Wildman–Crippen LogP) is 2.59. The van der Waals surface area contributed by atoms with E-state index in [1.165, 1.54) is 0 Å². The van der Waals surface area contributed by atoms with Gasteiger partial charge in [0.2, 0.25) is 10.0 Å². The highest BCUT2D eigenvalue weighted by Crippen LogP contribution is 2.18. The van der Waals surface area contributed by atoms with E-state index in [4.69, 9.17) is 0 Å². The molecule has 0 saturated heterocycles. The first-order valence-corrected chi connectivity index (χ1v) is 10.0. The lowest BCUT2D eigenvalue weighted by Crippen LogP contribution is -2.30. The maximum absolute atomic E-state index is 13.7. The summed E-state index contributed by atoms with van der Waals surface area (Å²) in [5.74, 6) is -0.247. The zero-order valence-electron chi connectivity index (χ0n) is 15.4. The van der Waals surface area contributed by atoms with Gasteiger partial charge in [0.25, 0.3) is 0 Å². The molecule has 3 rings (SSSR count). The van der Waals surface area contributed by atoms with Crippen molar-refractivity contribution in [2.24, 2.45) is 0 Å². The molecule has 152 valence electrons. The Morgan fingerprint density at radius 1 is 0.931 bits per heavy atom. The molecule has 0 aliphatic heterocycles. The van der Waals surface area contributed by atoms with Crippen LogP contribution in [-0.4, -0.2) is 36.5 Å². The lowest BCUT2D eigenvalue weighted by molar-refractivity contribution is 0.514. The molecule has 0 atom stereocenters. The normalized spacial score (nSPS) is 11.3. The van der Waals surface area contributed by atoms with Gasteiger partial charge < -0.3 is 10.6 Å². The highest BCUT2D eigenvalue weighted by molar-refractivity contribution is 7.89. The van der Waals surface area contributed by atoms with Crippen LogP contribution in [0, 0.1) is 18.6 Å². The fourth-order valence-electron chi connectivity index (χ4n) is 2.48. The van der Waals surface area contributed by atoms with Gasteiger partial charge in [-0.2, -0.15) is 0 Å². The Labute approximate surface area is 166 Å². The zero-order chi connectivity index (χ0) is 20.9. The summed E-state index contributed by atoms with van der Waals surface area (Å²) < 4.78 is 53.8. The molecule has 0 spiro atoms. The third kappa shape index (κ3) is 5.42. The molecule has 8 nitrogen and oxygen atoms in total. The summed E-state index contributed by atoms with van der Waals surface area (Å²) >= 11 is 0. The van der Waals surface area contributed by atoms with Crippen molar-refractivity contribution in [3.05, 3.63) is 66.1 Å². The number of rotatable bonds is 8. The third-order valence-corrected chi connectivity index (χ3v) is 5.18. The zero-order valence-corrected chi connectivity index (χ0v) is 16.2. The Kier molecular flexibility index (Phi) is 6.29. The van der Waals surface area contributed by atoms with E-state index in [-0.39, 0.29) is 13.1 Å². The molecule has 29 heavy (non-hydrogen) atoms. The topological polar surface area (TPSA) is 109 Å². The molecule has 3 aromatic rings. The molecular weight excluding hydrogens is 402 g/mol. The molecule has 0 fully saturated rings. The van der Waals surface area contributed by atoms with Crippen LogP contribution in [-0.2, 0) is 10.0 Å². The van der Waals surface area contributed by atoms with Crippen molar-refractivity contribution in [1.82, 2.24) is 19.7 Å². The van der Waals surface area contributed by atoms with E-state index in [2.05, 4.69) is 30.3 Å². The van der Waals surface area contributed by atoms with Crippen LogP contribution in [0.5, 0.6) is 0 Å². The van der Waals surface area contributed by atoms with Crippen LogP contribution in [0.2, 0.25) is 0 Å². The van der Waals surface area contributed by atoms with Crippen LogP contribution in [0.4, 0.5) is 26.2 Å². The van der Waals surface area contributed by atoms with E-state index in [9.17, 15) is 17.2 Å². The van der Waals surface area contributed by atoms with Crippen molar-refractivity contribution in [2.75, 3.05) is 23.7 Å². The average molecular weight is 420 g/mol. The second-order valence-electron chi connectivity index (χ2n) is 5.90. The average Bonchev–Trinajstić information content (AvgIpc) is 2.65. The molecule has 0 aliphatic carbocycles. The Balaban J connectivity index is 1.60. The van der Waals surface area contributed by atoms with Gasteiger partial charge in [-0.25, -0.2) is 36.9 Å². The maximum atomic E-state index is 13.7. The number of hydrogen-bond donors (Lipinski definition) is 3. The second-order valence-corrected chi connectivity index (χ2v) is 7.60. The smallest absolute Gasteiger partial charge is 0.246 e. The molecule has 2 aromatic heterocycles. The van der Waals surface area contributed by atoms with Gasteiger partial charge in [0.1, 0.15) is 34.9 Å². The molecule has 0 saturated carbocycles.